The van der Waals surface area contributed by atoms with Gasteiger partial charge in [-0.2, -0.15) is 0 Å². The average molecular weight is 565 g/mol. The van der Waals surface area contributed by atoms with Crippen molar-refractivity contribution in [2.45, 2.75) is 174 Å². The molecule has 0 saturated heterocycles. The van der Waals surface area contributed by atoms with E-state index in [-0.39, 0.29) is 6.61 Å². The normalized spacial score (nSPS) is 12.8. The molecule has 6 nitrogen and oxygen atoms in total. The van der Waals surface area contributed by atoms with E-state index in [1.54, 1.807) is 0 Å². The number of phosphoric acid groups is 1. The van der Waals surface area contributed by atoms with Crippen LogP contribution in [-0.2, 0) is 18.6 Å². The van der Waals surface area contributed by atoms with Crippen LogP contribution < -0.4 is 0 Å². The quantitative estimate of drug-likeness (QED) is 0.0624. The third-order valence-corrected chi connectivity index (χ3v) is 7.71. The summed E-state index contributed by atoms with van der Waals surface area (Å²) in [6.07, 6.45) is 30.7. The molecule has 0 saturated carbocycles. The predicted octanol–water partition coefficient (Wildman–Crippen LogP) is 9.90. The number of rotatable bonds is 32. The zero-order valence-corrected chi connectivity index (χ0v) is 26.2. The van der Waals surface area contributed by atoms with Gasteiger partial charge in [0.15, 0.2) is 0 Å². The summed E-state index contributed by atoms with van der Waals surface area (Å²) < 4.78 is 27.4. The van der Waals surface area contributed by atoms with Gasteiger partial charge in [-0.1, -0.05) is 155 Å². The van der Waals surface area contributed by atoms with Gasteiger partial charge in [0, 0.05) is 13.2 Å². The fourth-order valence-electron chi connectivity index (χ4n) is 4.78. The van der Waals surface area contributed by atoms with E-state index in [1.807, 2.05) is 0 Å². The van der Waals surface area contributed by atoms with Crippen molar-refractivity contribution >= 4 is 7.82 Å². The molecule has 0 heterocycles. The summed E-state index contributed by atoms with van der Waals surface area (Å²) in [5.74, 6) is 0. The molecular weight excluding hydrogens is 499 g/mol. The highest BCUT2D eigenvalue weighted by Gasteiger charge is 2.19. The minimum atomic E-state index is -4.50. The maximum Gasteiger partial charge on any atom is 0.469 e. The minimum absolute atomic E-state index is 0.138. The second kappa shape index (κ2) is 30.0. The highest BCUT2D eigenvalue weighted by atomic mass is 31.2. The lowest BCUT2D eigenvalue weighted by molar-refractivity contribution is -0.0429. The average Bonchev–Trinajstić information content (AvgIpc) is 2.89. The molecule has 0 aromatic rings. The molecule has 0 radical (unpaired) electrons. The van der Waals surface area contributed by atoms with Gasteiger partial charge in [-0.15, -0.1) is 0 Å². The fraction of sp³-hybridized carbons (Fsp3) is 1.00. The van der Waals surface area contributed by atoms with E-state index >= 15 is 0 Å². The van der Waals surface area contributed by atoms with Gasteiger partial charge in [0.05, 0.1) is 13.2 Å². The number of ether oxygens (including phenoxy) is 2. The Balaban J connectivity index is 3.69. The van der Waals surface area contributed by atoms with Gasteiger partial charge in [0.2, 0.25) is 0 Å². The van der Waals surface area contributed by atoms with Crippen molar-refractivity contribution in [3.63, 3.8) is 0 Å². The zero-order valence-electron chi connectivity index (χ0n) is 25.4. The number of hydrogen-bond acceptors (Lipinski definition) is 4. The Morgan fingerprint density at radius 3 is 1.21 bits per heavy atom. The van der Waals surface area contributed by atoms with Crippen LogP contribution in [0.1, 0.15) is 168 Å². The summed E-state index contributed by atoms with van der Waals surface area (Å²) >= 11 is 0. The molecule has 1 atom stereocenters. The van der Waals surface area contributed by atoms with Crippen LogP contribution in [0.3, 0.4) is 0 Å². The summed E-state index contributed by atoms with van der Waals surface area (Å²) in [4.78, 5) is 18.1. The van der Waals surface area contributed by atoms with E-state index < -0.39 is 13.9 Å². The maximum absolute atomic E-state index is 11.1. The number of phosphoric ester groups is 1. The van der Waals surface area contributed by atoms with Crippen molar-refractivity contribution in [2.75, 3.05) is 26.4 Å². The second-order valence-corrected chi connectivity index (χ2v) is 12.4. The van der Waals surface area contributed by atoms with Gasteiger partial charge in [-0.05, 0) is 12.8 Å². The maximum atomic E-state index is 11.1. The third-order valence-electron chi connectivity index (χ3n) is 7.23. The largest absolute Gasteiger partial charge is 0.469 e. The number of hydrogen-bond donors (Lipinski definition) is 2. The lowest BCUT2D eigenvalue weighted by Crippen LogP contribution is -2.26. The van der Waals surface area contributed by atoms with E-state index in [0.717, 1.165) is 19.3 Å². The van der Waals surface area contributed by atoms with Gasteiger partial charge >= 0.3 is 7.82 Å². The van der Waals surface area contributed by atoms with Gasteiger partial charge in [0.25, 0.3) is 0 Å². The first-order valence-electron chi connectivity index (χ1n) is 16.4. The Kier molecular flexibility index (Phi) is 30.0. The lowest BCUT2D eigenvalue weighted by Gasteiger charge is -2.18. The third kappa shape index (κ3) is 32.2. The van der Waals surface area contributed by atoms with Crippen LogP contribution in [0.15, 0.2) is 0 Å². The first kappa shape index (κ1) is 38.0. The zero-order chi connectivity index (χ0) is 28.0. The van der Waals surface area contributed by atoms with Gasteiger partial charge < -0.3 is 19.3 Å². The minimum Gasteiger partial charge on any atom is -0.379 e. The van der Waals surface area contributed by atoms with Gasteiger partial charge in [-0.3, -0.25) is 4.52 Å². The van der Waals surface area contributed by atoms with E-state index in [9.17, 15) is 4.57 Å². The van der Waals surface area contributed by atoms with E-state index in [2.05, 4.69) is 18.4 Å². The topological polar surface area (TPSA) is 85.2 Å². The smallest absolute Gasteiger partial charge is 0.379 e. The summed E-state index contributed by atoms with van der Waals surface area (Å²) in [6, 6.07) is 0. The van der Waals surface area contributed by atoms with Gasteiger partial charge in [0.1, 0.15) is 6.10 Å². The molecule has 0 fully saturated rings. The highest BCUT2D eigenvalue weighted by molar-refractivity contribution is 7.46. The first-order valence-corrected chi connectivity index (χ1v) is 17.9. The summed E-state index contributed by atoms with van der Waals surface area (Å²) in [5.41, 5.74) is 0. The molecule has 0 aromatic carbocycles. The Bertz CT molecular complexity index is 499. The molecule has 2 N–H and O–H groups in total. The monoisotopic (exact) mass is 564 g/mol. The van der Waals surface area contributed by atoms with Crippen LogP contribution >= 0.6 is 7.82 Å². The van der Waals surface area contributed by atoms with Crippen LogP contribution in [0.2, 0.25) is 0 Å². The Morgan fingerprint density at radius 1 is 0.500 bits per heavy atom. The molecule has 38 heavy (non-hydrogen) atoms. The molecule has 7 heteroatoms. The highest BCUT2D eigenvalue weighted by Crippen LogP contribution is 2.35. The van der Waals surface area contributed by atoms with Crippen molar-refractivity contribution < 1.29 is 28.3 Å². The molecule has 0 unspecified atom stereocenters. The molecule has 0 aliphatic carbocycles. The van der Waals surface area contributed by atoms with Crippen LogP contribution in [0.5, 0.6) is 0 Å². The molecule has 0 bridgehead atoms. The molecule has 0 aliphatic rings. The van der Waals surface area contributed by atoms with E-state index in [4.69, 9.17) is 19.3 Å². The van der Waals surface area contributed by atoms with Crippen molar-refractivity contribution in [3.8, 4) is 0 Å². The van der Waals surface area contributed by atoms with Crippen molar-refractivity contribution in [2.24, 2.45) is 0 Å². The van der Waals surface area contributed by atoms with E-state index in [0.29, 0.717) is 19.8 Å². The lowest BCUT2D eigenvalue weighted by atomic mass is 10.0. The molecule has 0 spiro atoms. The van der Waals surface area contributed by atoms with Crippen LogP contribution in [0, 0.1) is 0 Å². The molecule has 0 rings (SSSR count). The molecule has 230 valence electrons. The van der Waals surface area contributed by atoms with Crippen molar-refractivity contribution in [3.05, 3.63) is 0 Å². The predicted molar refractivity (Wildman–Crippen MR) is 161 cm³/mol. The molecule has 0 aliphatic heterocycles. The van der Waals surface area contributed by atoms with Crippen LogP contribution in [0.25, 0.3) is 0 Å². The Hall–Kier alpha value is 0.0300. The van der Waals surface area contributed by atoms with Gasteiger partial charge in [-0.25, -0.2) is 4.57 Å². The summed E-state index contributed by atoms with van der Waals surface area (Å²) in [5, 5.41) is 0. The fourth-order valence-corrected chi connectivity index (χ4v) is 5.14. The molecule has 0 aromatic heterocycles. The van der Waals surface area contributed by atoms with Crippen LogP contribution in [0.4, 0.5) is 0 Å². The van der Waals surface area contributed by atoms with Crippen molar-refractivity contribution in [1.29, 1.82) is 0 Å². The van der Waals surface area contributed by atoms with E-state index in [1.165, 1.54) is 135 Å². The Labute approximate surface area is 236 Å². The number of unbranched alkanes of at least 4 members (excludes halogenated alkanes) is 22. The standard InChI is InChI=1S/C31H65O6P/c1-3-5-7-9-11-13-15-16-18-20-22-24-26-28-36-31(30-37-38(32,33)34)29-35-27-25-23-21-19-17-14-12-10-8-6-4-2/h31H,3-30H2,1-2H3,(H2,32,33,34)/t31-/m0/s1. The first-order chi connectivity index (χ1) is 18.5. The molecular formula is C31H65O6P. The van der Waals surface area contributed by atoms with Crippen LogP contribution in [-0.4, -0.2) is 42.3 Å². The summed E-state index contributed by atoms with van der Waals surface area (Å²) in [7, 11) is -4.50. The second-order valence-electron chi connectivity index (χ2n) is 11.1. The Morgan fingerprint density at radius 2 is 0.842 bits per heavy atom. The van der Waals surface area contributed by atoms with Crippen molar-refractivity contribution in [1.82, 2.24) is 0 Å². The summed E-state index contributed by atoms with van der Waals surface area (Å²) in [6.45, 7) is 5.94. The molecule has 0 amide bonds. The SMILES string of the molecule is CCCCCCCCCCCCCCCO[C@@H](COCCCCCCCCCCCCC)COP(=O)(O)O.